The van der Waals surface area contributed by atoms with Crippen LogP contribution < -0.4 is 19.9 Å². The summed E-state index contributed by atoms with van der Waals surface area (Å²) in [5.41, 5.74) is 2.28. The summed E-state index contributed by atoms with van der Waals surface area (Å²) in [6.45, 7) is 22.0. The first-order valence-electron chi connectivity index (χ1n) is 8.99. The number of hydrogen-bond acceptors (Lipinski definition) is 2. The molecule has 2 heteroatoms. The summed E-state index contributed by atoms with van der Waals surface area (Å²) < 4.78 is 11.2. The molecule has 26 heavy (non-hydrogen) atoms. The van der Waals surface area contributed by atoms with Gasteiger partial charge in [-0.05, 0) is 67.1 Å². The zero-order valence-corrected chi connectivity index (χ0v) is 17.5. The molecule has 2 aromatic rings. The Labute approximate surface area is 157 Å². The van der Waals surface area contributed by atoms with Crippen molar-refractivity contribution in [3.8, 4) is 11.5 Å². The standard InChI is InChI=1S/C24H32O2/c1-15-19(11-17(25-9)13-21(15)23(3,4)5)20-12-18(26-10)14-22(16(20)2)24(6,7)8/h11-14H,1-2H2,3-10H3. The maximum Gasteiger partial charge on any atom is 0.119 e. The van der Waals surface area contributed by atoms with E-state index in [0.717, 1.165) is 32.4 Å². The summed E-state index contributed by atoms with van der Waals surface area (Å²) in [6, 6.07) is 8.26. The lowest BCUT2D eigenvalue weighted by atomic mass is 9.83. The molecule has 0 heterocycles. The highest BCUT2D eigenvalue weighted by Crippen LogP contribution is 2.25. The molecule has 0 aromatic heterocycles. The summed E-state index contributed by atoms with van der Waals surface area (Å²) in [4.78, 5) is 0. The maximum absolute atomic E-state index is 5.58. The molecule has 0 N–H and O–H groups in total. The minimum absolute atomic E-state index is 0.0343. The molecular weight excluding hydrogens is 320 g/mol. The first kappa shape index (κ1) is 20.1. The van der Waals surface area contributed by atoms with Gasteiger partial charge in [0.25, 0.3) is 0 Å². The van der Waals surface area contributed by atoms with Crippen LogP contribution >= 0.6 is 0 Å². The Morgan fingerprint density at radius 3 is 1.15 bits per heavy atom. The zero-order chi connectivity index (χ0) is 19.9. The van der Waals surface area contributed by atoms with Crippen molar-refractivity contribution in [1.29, 1.82) is 0 Å². The molecule has 0 saturated carbocycles. The highest BCUT2D eigenvalue weighted by Gasteiger charge is 2.19. The minimum Gasteiger partial charge on any atom is -0.497 e. The summed E-state index contributed by atoms with van der Waals surface area (Å²) in [6.07, 6.45) is 0. The molecule has 0 saturated heterocycles. The Kier molecular flexibility index (Phi) is 5.28. The number of benzene rings is 2. The maximum atomic E-state index is 5.58. The van der Waals surface area contributed by atoms with Gasteiger partial charge in [-0.15, -0.1) is 0 Å². The third kappa shape index (κ3) is 3.80. The van der Waals surface area contributed by atoms with Crippen LogP contribution in [0.15, 0.2) is 24.3 Å². The summed E-state index contributed by atoms with van der Waals surface area (Å²) in [7, 11) is 3.40. The molecule has 2 rings (SSSR count). The molecule has 0 bridgehead atoms. The highest BCUT2D eigenvalue weighted by molar-refractivity contribution is 5.42. The van der Waals surface area contributed by atoms with Gasteiger partial charge in [0.1, 0.15) is 11.5 Å². The second-order valence-electron chi connectivity index (χ2n) is 8.90. The Balaban J connectivity index is 3.19. The van der Waals surface area contributed by atoms with Gasteiger partial charge in [0.05, 0.1) is 14.2 Å². The van der Waals surface area contributed by atoms with E-state index in [1.165, 1.54) is 11.1 Å². The molecular formula is C24H32O2. The van der Waals surface area contributed by atoms with Gasteiger partial charge < -0.3 is 9.47 Å². The molecule has 2 nitrogen and oxygen atoms in total. The largest absolute Gasteiger partial charge is 0.497 e. The normalized spacial score (nSPS) is 13.5. The monoisotopic (exact) mass is 352 g/mol. The van der Waals surface area contributed by atoms with Crippen LogP contribution in [0.3, 0.4) is 0 Å². The van der Waals surface area contributed by atoms with Crippen LogP contribution in [-0.2, 0) is 10.8 Å². The number of ether oxygens (including phenoxy) is 2. The molecule has 0 amide bonds. The smallest absolute Gasteiger partial charge is 0.119 e. The number of methoxy groups -OCH3 is 2. The first-order chi connectivity index (χ1) is 11.9. The minimum atomic E-state index is -0.0343. The topological polar surface area (TPSA) is 18.5 Å². The van der Waals surface area contributed by atoms with E-state index < -0.39 is 0 Å². The van der Waals surface area contributed by atoms with E-state index in [2.05, 4.69) is 66.8 Å². The average molecular weight is 353 g/mol. The molecule has 0 aliphatic carbocycles. The molecule has 0 aliphatic rings. The molecule has 0 spiro atoms. The Bertz CT molecular complexity index is 919. The van der Waals surface area contributed by atoms with E-state index in [9.17, 15) is 0 Å². The van der Waals surface area contributed by atoms with E-state index in [4.69, 9.17) is 9.47 Å². The predicted octanol–water partition coefficient (Wildman–Crippen LogP) is 4.41. The van der Waals surface area contributed by atoms with Crippen LogP contribution in [0.5, 0.6) is 11.5 Å². The first-order valence-corrected chi connectivity index (χ1v) is 8.99. The van der Waals surface area contributed by atoms with Gasteiger partial charge in [0.15, 0.2) is 0 Å². The number of rotatable bonds is 2. The molecule has 140 valence electrons. The van der Waals surface area contributed by atoms with E-state index in [1.54, 1.807) is 14.2 Å². The molecule has 0 aliphatic heterocycles. The second-order valence-corrected chi connectivity index (χ2v) is 8.90. The fourth-order valence-corrected chi connectivity index (χ4v) is 3.35. The van der Waals surface area contributed by atoms with Crippen LogP contribution in [0.25, 0.3) is 13.2 Å². The van der Waals surface area contributed by atoms with Crippen LogP contribution in [0.2, 0.25) is 0 Å². The van der Waals surface area contributed by atoms with Crippen molar-refractivity contribution in [2.75, 3.05) is 14.2 Å². The van der Waals surface area contributed by atoms with Gasteiger partial charge in [0.2, 0.25) is 0 Å². The third-order valence-electron chi connectivity index (χ3n) is 4.82. The van der Waals surface area contributed by atoms with Gasteiger partial charge in [-0.3, -0.25) is 0 Å². The van der Waals surface area contributed by atoms with Gasteiger partial charge in [-0.25, -0.2) is 0 Å². The van der Waals surface area contributed by atoms with E-state index in [-0.39, 0.29) is 10.8 Å². The van der Waals surface area contributed by atoms with Gasteiger partial charge >= 0.3 is 0 Å². The van der Waals surface area contributed by atoms with Crippen LogP contribution in [0.1, 0.15) is 52.7 Å². The molecule has 0 unspecified atom stereocenters. The van der Waals surface area contributed by atoms with Crippen molar-refractivity contribution < 1.29 is 9.47 Å². The van der Waals surface area contributed by atoms with Crippen LogP contribution in [-0.4, -0.2) is 14.2 Å². The average Bonchev–Trinajstić information content (AvgIpc) is 2.53. The lowest BCUT2D eigenvalue weighted by molar-refractivity contribution is 0.411. The molecule has 2 aromatic carbocycles. The fraction of sp³-hybridized carbons (Fsp3) is 0.417. The van der Waals surface area contributed by atoms with E-state index in [0.29, 0.717) is 0 Å². The Hall–Kier alpha value is -2.22. The molecule has 0 fully saturated rings. The van der Waals surface area contributed by atoms with E-state index >= 15 is 0 Å². The van der Waals surface area contributed by atoms with Crippen LogP contribution in [0.4, 0.5) is 0 Å². The summed E-state index contributed by atoms with van der Waals surface area (Å²) >= 11 is 0. The van der Waals surface area contributed by atoms with Gasteiger partial charge in [-0.1, -0.05) is 54.7 Å². The quantitative estimate of drug-likeness (QED) is 0.797. The molecule has 0 atom stereocenters. The Morgan fingerprint density at radius 2 is 0.923 bits per heavy atom. The van der Waals surface area contributed by atoms with Crippen molar-refractivity contribution in [1.82, 2.24) is 0 Å². The van der Waals surface area contributed by atoms with Gasteiger partial charge in [-0.2, -0.15) is 0 Å². The highest BCUT2D eigenvalue weighted by atomic mass is 16.5. The van der Waals surface area contributed by atoms with Crippen molar-refractivity contribution in [3.63, 3.8) is 0 Å². The predicted molar refractivity (Wildman–Crippen MR) is 111 cm³/mol. The van der Waals surface area contributed by atoms with E-state index in [1.807, 2.05) is 12.1 Å². The second kappa shape index (κ2) is 6.83. The third-order valence-corrected chi connectivity index (χ3v) is 4.82. The lowest BCUT2D eigenvalue weighted by Gasteiger charge is -2.22. The van der Waals surface area contributed by atoms with Crippen LogP contribution in [0, 0.1) is 10.4 Å². The number of hydrogen-bond donors (Lipinski definition) is 0. The fourth-order valence-electron chi connectivity index (χ4n) is 3.35. The van der Waals surface area contributed by atoms with Crippen molar-refractivity contribution in [2.45, 2.75) is 52.4 Å². The van der Waals surface area contributed by atoms with Gasteiger partial charge in [0, 0.05) is 0 Å². The van der Waals surface area contributed by atoms with Crippen molar-refractivity contribution in [2.24, 2.45) is 0 Å². The molecule has 0 radical (unpaired) electrons. The van der Waals surface area contributed by atoms with Crippen molar-refractivity contribution in [3.05, 3.63) is 56.3 Å². The summed E-state index contributed by atoms with van der Waals surface area (Å²) in [5, 5.41) is 4.11. The SMILES string of the molecule is C=c1c(C(C)(C)C)cc(OC)cc1=c1cc(OC)cc(C(C)(C)C)c1=C. The lowest BCUT2D eigenvalue weighted by Crippen LogP contribution is -2.26. The van der Waals surface area contributed by atoms with Crippen molar-refractivity contribution >= 4 is 13.2 Å². The zero-order valence-electron chi connectivity index (χ0n) is 17.5. The summed E-state index contributed by atoms with van der Waals surface area (Å²) in [5.74, 6) is 1.66. The Morgan fingerprint density at radius 1 is 0.615 bits per heavy atom.